The maximum Gasteiger partial charge on any atom is 0.0202 e. The number of hydrogen-bond donors (Lipinski definition) is 1. The van der Waals surface area contributed by atoms with E-state index in [1.807, 2.05) is 0 Å². The molecule has 0 spiro atoms. The maximum atomic E-state index is 4.04. The Morgan fingerprint density at radius 2 is 1.85 bits per heavy atom. The molecule has 2 heteroatoms. The van der Waals surface area contributed by atoms with E-state index in [2.05, 4.69) is 51.5 Å². The van der Waals surface area contributed by atoms with Gasteiger partial charge in [0.25, 0.3) is 0 Å². The van der Waals surface area contributed by atoms with Gasteiger partial charge in [-0.15, -0.1) is 0 Å². The zero-order valence-electron chi connectivity index (χ0n) is 9.72. The molecule has 78 valence electrons. The SMILES string of the molecule is C=C(CNC(C)C)CN(C)C(C)C. The predicted octanol–water partition coefficient (Wildman–Crippen LogP) is 1.88. The highest BCUT2D eigenvalue weighted by atomic mass is 15.1. The van der Waals surface area contributed by atoms with Gasteiger partial charge in [0.15, 0.2) is 0 Å². The zero-order chi connectivity index (χ0) is 10.4. The van der Waals surface area contributed by atoms with E-state index in [1.165, 1.54) is 5.57 Å². The quantitative estimate of drug-likeness (QED) is 0.634. The Bertz CT molecular complexity index is 150. The summed E-state index contributed by atoms with van der Waals surface area (Å²) in [7, 11) is 2.13. The first-order chi connectivity index (χ1) is 5.93. The van der Waals surface area contributed by atoms with Crippen LogP contribution in [0.15, 0.2) is 12.2 Å². The van der Waals surface area contributed by atoms with Gasteiger partial charge in [0.2, 0.25) is 0 Å². The van der Waals surface area contributed by atoms with Crippen LogP contribution in [0.5, 0.6) is 0 Å². The van der Waals surface area contributed by atoms with E-state index in [4.69, 9.17) is 0 Å². The van der Waals surface area contributed by atoms with Crippen molar-refractivity contribution in [2.45, 2.75) is 39.8 Å². The summed E-state index contributed by atoms with van der Waals surface area (Å²) in [6.45, 7) is 14.7. The van der Waals surface area contributed by atoms with Gasteiger partial charge >= 0.3 is 0 Å². The lowest BCUT2D eigenvalue weighted by Crippen LogP contribution is -2.32. The number of rotatable bonds is 6. The molecular weight excluding hydrogens is 160 g/mol. The molecule has 1 N–H and O–H groups in total. The third-order valence-electron chi connectivity index (χ3n) is 2.11. The standard InChI is InChI=1S/C11H24N2/c1-9(2)12-7-11(5)8-13(6)10(3)4/h9-10,12H,5,7-8H2,1-4,6H3. The van der Waals surface area contributed by atoms with Crippen LogP contribution in [0.1, 0.15) is 27.7 Å². The van der Waals surface area contributed by atoms with Gasteiger partial charge in [-0.1, -0.05) is 20.4 Å². The fraction of sp³-hybridized carbons (Fsp3) is 0.818. The molecule has 13 heavy (non-hydrogen) atoms. The fourth-order valence-corrected chi connectivity index (χ4v) is 0.940. The van der Waals surface area contributed by atoms with Crippen molar-refractivity contribution in [3.8, 4) is 0 Å². The lowest BCUT2D eigenvalue weighted by atomic mass is 10.2. The third-order valence-corrected chi connectivity index (χ3v) is 2.11. The Morgan fingerprint density at radius 3 is 2.23 bits per heavy atom. The molecule has 0 radical (unpaired) electrons. The van der Waals surface area contributed by atoms with Crippen molar-refractivity contribution < 1.29 is 0 Å². The molecule has 0 aromatic carbocycles. The molecule has 0 aliphatic carbocycles. The van der Waals surface area contributed by atoms with Crippen LogP contribution in [0.4, 0.5) is 0 Å². The summed E-state index contributed by atoms with van der Waals surface area (Å²) in [6.07, 6.45) is 0. The van der Waals surface area contributed by atoms with Crippen molar-refractivity contribution in [2.75, 3.05) is 20.1 Å². The minimum atomic E-state index is 0.543. The van der Waals surface area contributed by atoms with Gasteiger partial charge in [-0.25, -0.2) is 0 Å². The monoisotopic (exact) mass is 184 g/mol. The van der Waals surface area contributed by atoms with Crippen LogP contribution >= 0.6 is 0 Å². The molecule has 2 nitrogen and oxygen atoms in total. The number of hydrogen-bond acceptors (Lipinski definition) is 2. The third kappa shape index (κ3) is 6.79. The summed E-state index contributed by atoms with van der Waals surface area (Å²) in [5.74, 6) is 0. The van der Waals surface area contributed by atoms with E-state index in [9.17, 15) is 0 Å². The average molecular weight is 184 g/mol. The predicted molar refractivity (Wildman–Crippen MR) is 60.0 cm³/mol. The summed E-state index contributed by atoms with van der Waals surface area (Å²) in [4.78, 5) is 2.30. The number of nitrogens with one attached hydrogen (secondary N) is 1. The average Bonchev–Trinajstić information content (AvgIpc) is 2.00. The van der Waals surface area contributed by atoms with E-state index in [0.717, 1.165) is 13.1 Å². The zero-order valence-corrected chi connectivity index (χ0v) is 9.72. The van der Waals surface area contributed by atoms with E-state index < -0.39 is 0 Å². The topological polar surface area (TPSA) is 15.3 Å². The molecule has 0 unspecified atom stereocenters. The Kier molecular flexibility index (Phi) is 6.00. The molecule has 0 aromatic heterocycles. The maximum absolute atomic E-state index is 4.04. The van der Waals surface area contributed by atoms with Crippen molar-refractivity contribution in [2.24, 2.45) is 0 Å². The van der Waals surface area contributed by atoms with Gasteiger partial charge in [0, 0.05) is 25.2 Å². The molecule has 0 bridgehead atoms. The van der Waals surface area contributed by atoms with Gasteiger partial charge in [-0.3, -0.25) is 0 Å². The van der Waals surface area contributed by atoms with E-state index in [0.29, 0.717) is 12.1 Å². The smallest absolute Gasteiger partial charge is 0.0202 e. The molecule has 0 rings (SSSR count). The number of likely N-dealkylation sites (N-methyl/N-ethyl adjacent to an activating group) is 1. The lowest BCUT2D eigenvalue weighted by Gasteiger charge is -2.22. The van der Waals surface area contributed by atoms with Gasteiger partial charge in [-0.05, 0) is 26.5 Å². The highest BCUT2D eigenvalue weighted by Crippen LogP contribution is 1.98. The Morgan fingerprint density at radius 1 is 1.31 bits per heavy atom. The molecule has 0 aliphatic rings. The molecule has 0 fully saturated rings. The van der Waals surface area contributed by atoms with E-state index in [1.54, 1.807) is 0 Å². The van der Waals surface area contributed by atoms with Gasteiger partial charge in [0.05, 0.1) is 0 Å². The molecule has 0 saturated heterocycles. The van der Waals surface area contributed by atoms with Crippen molar-refractivity contribution in [3.63, 3.8) is 0 Å². The highest BCUT2D eigenvalue weighted by Gasteiger charge is 2.04. The second kappa shape index (κ2) is 6.17. The van der Waals surface area contributed by atoms with E-state index >= 15 is 0 Å². The first-order valence-electron chi connectivity index (χ1n) is 5.03. The molecular formula is C11H24N2. The van der Waals surface area contributed by atoms with Crippen LogP contribution in [0.3, 0.4) is 0 Å². The first-order valence-corrected chi connectivity index (χ1v) is 5.03. The second-order valence-electron chi connectivity index (χ2n) is 4.29. The summed E-state index contributed by atoms with van der Waals surface area (Å²) < 4.78 is 0. The molecule has 0 aliphatic heterocycles. The molecule has 0 atom stereocenters. The Balaban J connectivity index is 3.62. The molecule has 0 amide bonds. The summed E-state index contributed by atoms with van der Waals surface area (Å²) in [5, 5.41) is 3.36. The second-order valence-corrected chi connectivity index (χ2v) is 4.29. The van der Waals surface area contributed by atoms with Crippen molar-refractivity contribution in [1.82, 2.24) is 10.2 Å². The van der Waals surface area contributed by atoms with E-state index in [-0.39, 0.29) is 0 Å². The number of nitrogens with zero attached hydrogens (tertiary/aromatic N) is 1. The van der Waals surface area contributed by atoms with Crippen molar-refractivity contribution in [3.05, 3.63) is 12.2 Å². The fourth-order valence-electron chi connectivity index (χ4n) is 0.940. The minimum Gasteiger partial charge on any atom is -0.311 e. The van der Waals surface area contributed by atoms with Crippen LogP contribution in [-0.4, -0.2) is 37.1 Å². The molecule has 0 heterocycles. The van der Waals surface area contributed by atoms with Crippen LogP contribution in [0.25, 0.3) is 0 Å². The van der Waals surface area contributed by atoms with Crippen molar-refractivity contribution in [1.29, 1.82) is 0 Å². The highest BCUT2D eigenvalue weighted by molar-refractivity contribution is 5.00. The summed E-state index contributed by atoms with van der Waals surface area (Å²) in [5.41, 5.74) is 1.25. The summed E-state index contributed by atoms with van der Waals surface area (Å²) in [6, 6.07) is 1.14. The Hall–Kier alpha value is -0.340. The van der Waals surface area contributed by atoms with Crippen LogP contribution in [0.2, 0.25) is 0 Å². The van der Waals surface area contributed by atoms with Crippen LogP contribution < -0.4 is 5.32 Å². The van der Waals surface area contributed by atoms with Crippen molar-refractivity contribution >= 4 is 0 Å². The normalized spacial score (nSPS) is 11.7. The van der Waals surface area contributed by atoms with Gasteiger partial charge in [0.1, 0.15) is 0 Å². The minimum absolute atomic E-state index is 0.543. The molecule has 0 aromatic rings. The lowest BCUT2D eigenvalue weighted by molar-refractivity contribution is 0.294. The largest absolute Gasteiger partial charge is 0.311 e. The van der Waals surface area contributed by atoms with Gasteiger partial charge < -0.3 is 10.2 Å². The summed E-state index contributed by atoms with van der Waals surface area (Å²) >= 11 is 0. The van der Waals surface area contributed by atoms with Crippen LogP contribution in [-0.2, 0) is 0 Å². The molecule has 0 saturated carbocycles. The first kappa shape index (κ1) is 12.7. The van der Waals surface area contributed by atoms with Crippen LogP contribution in [0, 0.1) is 0 Å². The van der Waals surface area contributed by atoms with Gasteiger partial charge in [-0.2, -0.15) is 0 Å². The Labute approximate surface area is 83.0 Å².